The van der Waals surface area contributed by atoms with Crippen molar-refractivity contribution in [1.29, 1.82) is 0 Å². The van der Waals surface area contributed by atoms with Crippen LogP contribution in [0.15, 0.2) is 0 Å². The van der Waals surface area contributed by atoms with Gasteiger partial charge in [0.25, 0.3) is 0 Å². The molecule has 6 atom stereocenters. The van der Waals surface area contributed by atoms with E-state index in [-0.39, 0.29) is 28.5 Å². The van der Waals surface area contributed by atoms with Crippen LogP contribution in [0.5, 0.6) is 0 Å². The second-order valence-corrected chi connectivity index (χ2v) is 6.03. The highest BCUT2D eigenvalue weighted by molar-refractivity contribution is 5.30. The first-order valence-electron chi connectivity index (χ1n) is 6.59. The van der Waals surface area contributed by atoms with Crippen LogP contribution in [0.25, 0.3) is 0 Å². The molecule has 102 valence electrons. The van der Waals surface area contributed by atoms with Gasteiger partial charge < -0.3 is 17.2 Å². The van der Waals surface area contributed by atoms with Crippen LogP contribution in [0, 0.1) is 16.0 Å². The molecule has 0 aromatic heterocycles. The third-order valence-electron chi connectivity index (χ3n) is 5.51. The SMILES string of the molecule is NCC1CC2([N+](=O)[O-])CC(CN)[C@@]3(CN)C(C2)N13. The average molecular weight is 255 g/mol. The number of nitrogens with zero attached hydrogens (tertiary/aromatic N) is 2. The van der Waals surface area contributed by atoms with E-state index in [4.69, 9.17) is 17.2 Å². The van der Waals surface area contributed by atoms with Crippen LogP contribution >= 0.6 is 0 Å². The third-order valence-corrected chi connectivity index (χ3v) is 5.51. The maximum atomic E-state index is 11.5. The second kappa shape index (κ2) is 3.63. The molecule has 2 saturated heterocycles. The molecule has 3 aliphatic rings. The van der Waals surface area contributed by atoms with Gasteiger partial charge in [-0.3, -0.25) is 15.0 Å². The minimum absolute atomic E-state index is 0.0889. The van der Waals surface area contributed by atoms with E-state index in [1.54, 1.807) is 0 Å². The zero-order chi connectivity index (χ0) is 13.1. The highest BCUT2D eigenvalue weighted by atomic mass is 16.6. The normalized spacial score (nSPS) is 53.1. The van der Waals surface area contributed by atoms with Gasteiger partial charge >= 0.3 is 0 Å². The highest BCUT2D eigenvalue weighted by Crippen LogP contribution is 2.62. The molecule has 0 aromatic carbocycles. The minimum Gasteiger partial charge on any atom is -0.330 e. The van der Waals surface area contributed by atoms with E-state index < -0.39 is 5.54 Å². The fourth-order valence-corrected chi connectivity index (χ4v) is 4.69. The quantitative estimate of drug-likeness (QED) is 0.318. The van der Waals surface area contributed by atoms with Crippen LogP contribution < -0.4 is 17.2 Å². The summed E-state index contributed by atoms with van der Waals surface area (Å²) in [5.74, 6) is 0.128. The summed E-state index contributed by atoms with van der Waals surface area (Å²) in [6.45, 7) is 1.46. The molecule has 0 amide bonds. The lowest BCUT2D eigenvalue weighted by Gasteiger charge is -2.36. The van der Waals surface area contributed by atoms with Crippen LogP contribution in [-0.4, -0.2) is 52.6 Å². The summed E-state index contributed by atoms with van der Waals surface area (Å²) in [7, 11) is 0. The van der Waals surface area contributed by atoms with Crippen molar-refractivity contribution in [2.75, 3.05) is 19.6 Å². The van der Waals surface area contributed by atoms with E-state index >= 15 is 0 Å². The van der Waals surface area contributed by atoms with E-state index in [9.17, 15) is 10.1 Å². The Bertz CT molecular complexity index is 392. The van der Waals surface area contributed by atoms with Gasteiger partial charge in [0, 0.05) is 49.4 Å². The van der Waals surface area contributed by atoms with E-state index in [1.165, 1.54) is 0 Å². The zero-order valence-corrected chi connectivity index (χ0v) is 10.4. The van der Waals surface area contributed by atoms with E-state index in [0.29, 0.717) is 38.9 Å². The molecule has 0 radical (unpaired) electrons. The van der Waals surface area contributed by atoms with Crippen molar-refractivity contribution in [3.05, 3.63) is 10.1 Å². The van der Waals surface area contributed by atoms with Crippen molar-refractivity contribution in [3.8, 4) is 0 Å². The Labute approximate surface area is 106 Å². The topological polar surface area (TPSA) is 124 Å². The number of nitrogens with two attached hydrogens (primary N) is 3. The van der Waals surface area contributed by atoms with Crippen molar-refractivity contribution in [3.63, 3.8) is 0 Å². The van der Waals surface area contributed by atoms with Crippen LogP contribution in [0.4, 0.5) is 0 Å². The van der Waals surface area contributed by atoms with Gasteiger partial charge in [-0.15, -0.1) is 0 Å². The van der Waals surface area contributed by atoms with Crippen LogP contribution in [0.1, 0.15) is 19.3 Å². The second-order valence-electron chi connectivity index (χ2n) is 6.03. The Morgan fingerprint density at radius 2 is 1.94 bits per heavy atom. The smallest absolute Gasteiger partial charge is 0.225 e. The molecule has 7 nitrogen and oxygen atoms in total. The summed E-state index contributed by atoms with van der Waals surface area (Å²) in [4.78, 5) is 13.7. The van der Waals surface area contributed by atoms with Gasteiger partial charge in [0.1, 0.15) is 0 Å². The first-order valence-corrected chi connectivity index (χ1v) is 6.59. The number of fused-ring (bicyclic) bond motifs is 2. The van der Waals surface area contributed by atoms with Gasteiger partial charge in [-0.05, 0) is 12.5 Å². The molecule has 0 aromatic rings. The van der Waals surface area contributed by atoms with Gasteiger partial charge in [0.2, 0.25) is 5.54 Å². The van der Waals surface area contributed by atoms with Gasteiger partial charge in [0.15, 0.2) is 0 Å². The third kappa shape index (κ3) is 1.18. The first kappa shape index (κ1) is 12.3. The number of hydrogen-bond donors (Lipinski definition) is 3. The minimum atomic E-state index is -0.815. The molecule has 0 spiro atoms. The fraction of sp³-hybridized carbons (Fsp3) is 1.00. The van der Waals surface area contributed by atoms with Gasteiger partial charge in [-0.1, -0.05) is 0 Å². The van der Waals surface area contributed by atoms with Crippen LogP contribution in [0.2, 0.25) is 0 Å². The van der Waals surface area contributed by atoms with Gasteiger partial charge in [-0.25, -0.2) is 0 Å². The Morgan fingerprint density at radius 3 is 2.44 bits per heavy atom. The molecule has 3 fully saturated rings. The molecule has 18 heavy (non-hydrogen) atoms. The lowest BCUT2D eigenvalue weighted by molar-refractivity contribution is -0.579. The number of piperidine rings is 1. The van der Waals surface area contributed by atoms with Crippen LogP contribution in [-0.2, 0) is 0 Å². The predicted molar refractivity (Wildman–Crippen MR) is 66.4 cm³/mol. The standard InChI is InChI=1S/C11H21N5O2/c12-4-7-1-10(16(17)18)2-8(5-13)15-9(3-10)11(7,15)6-14/h7-9H,1-6,12-14H2/t7?,8?,9?,10?,11-,15?/m0/s1. The van der Waals surface area contributed by atoms with Gasteiger partial charge in [0.05, 0.1) is 5.54 Å². The molecule has 2 heterocycles. The molecule has 1 saturated carbocycles. The van der Waals surface area contributed by atoms with E-state index in [2.05, 4.69) is 4.90 Å². The zero-order valence-electron chi connectivity index (χ0n) is 10.4. The van der Waals surface area contributed by atoms with Crippen molar-refractivity contribution < 1.29 is 4.92 Å². The lowest BCUT2D eigenvalue weighted by Crippen LogP contribution is -2.54. The Hall–Kier alpha value is -0.760. The molecule has 1 aliphatic carbocycles. The highest BCUT2D eigenvalue weighted by Gasteiger charge is 2.78. The maximum absolute atomic E-state index is 11.5. The van der Waals surface area contributed by atoms with Crippen LogP contribution in [0.3, 0.4) is 0 Å². The van der Waals surface area contributed by atoms with Crippen molar-refractivity contribution >= 4 is 0 Å². The van der Waals surface area contributed by atoms with E-state index in [1.807, 2.05) is 0 Å². The number of hydrogen-bond acceptors (Lipinski definition) is 6. The number of nitro groups is 1. The monoisotopic (exact) mass is 255 g/mol. The Balaban J connectivity index is 2.01. The molecule has 2 aliphatic heterocycles. The molecule has 5 unspecified atom stereocenters. The Morgan fingerprint density at radius 1 is 1.22 bits per heavy atom. The molecular weight excluding hydrogens is 234 g/mol. The summed E-state index contributed by atoms with van der Waals surface area (Å²) >= 11 is 0. The van der Waals surface area contributed by atoms with Crippen molar-refractivity contribution in [2.24, 2.45) is 23.1 Å². The predicted octanol–water partition coefficient (Wildman–Crippen LogP) is -1.52. The van der Waals surface area contributed by atoms with Gasteiger partial charge in [-0.2, -0.15) is 0 Å². The summed E-state index contributed by atoms with van der Waals surface area (Å²) in [5, 5.41) is 11.5. The molecule has 2 bridgehead atoms. The average Bonchev–Trinajstić information content (AvgIpc) is 3.08. The number of rotatable bonds is 4. The maximum Gasteiger partial charge on any atom is 0.225 e. The van der Waals surface area contributed by atoms with E-state index in [0.717, 1.165) is 0 Å². The molecule has 3 rings (SSSR count). The first-order chi connectivity index (χ1) is 8.55. The largest absolute Gasteiger partial charge is 0.330 e. The molecular formula is C11H21N5O2. The molecule has 7 heteroatoms. The van der Waals surface area contributed by atoms with Crippen molar-refractivity contribution in [1.82, 2.24) is 4.90 Å². The van der Waals surface area contributed by atoms with Crippen molar-refractivity contribution in [2.45, 2.75) is 42.4 Å². The summed E-state index contributed by atoms with van der Waals surface area (Å²) in [6.07, 6.45) is 1.71. The summed E-state index contributed by atoms with van der Waals surface area (Å²) < 4.78 is 0. The molecule has 6 N–H and O–H groups in total. The fourth-order valence-electron chi connectivity index (χ4n) is 4.69. The summed E-state index contributed by atoms with van der Waals surface area (Å²) in [5.41, 5.74) is 16.7. The lowest BCUT2D eigenvalue weighted by atomic mass is 9.68. The Kier molecular flexibility index (Phi) is 2.48. The summed E-state index contributed by atoms with van der Waals surface area (Å²) in [6, 6.07) is 0.312.